The van der Waals surface area contributed by atoms with Crippen LogP contribution >= 0.6 is 0 Å². The summed E-state index contributed by atoms with van der Waals surface area (Å²) in [5, 5.41) is 47.8. The van der Waals surface area contributed by atoms with Crippen molar-refractivity contribution < 1.29 is 85.9 Å². The molecular weight excluding hydrogens is 1180 g/mol. The van der Waals surface area contributed by atoms with Gasteiger partial charge in [0.2, 0.25) is 29.3 Å². The Kier molecular flexibility index (Phi) is 28.7. The van der Waals surface area contributed by atoms with Crippen molar-refractivity contribution in [2.45, 2.75) is 185 Å². The predicted molar refractivity (Wildman–Crippen MR) is 337 cm³/mol. The summed E-state index contributed by atoms with van der Waals surface area (Å²) in [6.45, 7) is 14.3. The number of amides is 4. The number of anilines is 1. The Morgan fingerprint density at radius 2 is 1.19 bits per heavy atom. The maximum atomic E-state index is 13.9. The molecule has 0 fully saturated rings. The number of carbonyl (C=O) groups is 10. The monoisotopic (exact) mass is 1270 g/mol. The molecule has 0 saturated carbocycles. The second-order valence-corrected chi connectivity index (χ2v) is 25.3. The number of nitrogens with one attached hydrogen (secondary N) is 4. The van der Waals surface area contributed by atoms with Crippen molar-refractivity contribution in [3.05, 3.63) is 101 Å². The lowest BCUT2D eigenvalue weighted by atomic mass is 9.81. The molecule has 25 heteroatoms. The fourth-order valence-corrected chi connectivity index (χ4v) is 11.9. The molecule has 90 heavy (non-hydrogen) atoms. The molecule has 2 aromatic carbocycles. The summed E-state index contributed by atoms with van der Waals surface area (Å²) in [5.74, 6) is -12.5. The Bertz CT molecular complexity index is 3250. The first-order valence-corrected chi connectivity index (χ1v) is 31.9. The minimum Gasteiger partial charge on any atom is -0.481 e. The molecule has 0 radical (unpaired) electrons. The average molecular weight is 1270 g/mol. The van der Waals surface area contributed by atoms with Crippen molar-refractivity contribution in [2.24, 2.45) is 17.6 Å². The van der Waals surface area contributed by atoms with Crippen molar-refractivity contribution in [1.82, 2.24) is 21.3 Å². The lowest BCUT2D eigenvalue weighted by Crippen LogP contribution is -2.49. The summed E-state index contributed by atoms with van der Waals surface area (Å²) in [4.78, 5) is 128. The smallest absolute Gasteiger partial charge is 0.303 e. The van der Waals surface area contributed by atoms with Gasteiger partial charge in [-0.1, -0.05) is 61.9 Å². The molecule has 2 aliphatic heterocycles. The van der Waals surface area contributed by atoms with E-state index in [0.717, 1.165) is 23.5 Å². The van der Waals surface area contributed by atoms with Gasteiger partial charge in [0.15, 0.2) is 17.3 Å². The van der Waals surface area contributed by atoms with E-state index in [1.54, 1.807) is 6.07 Å². The molecule has 24 nitrogen and oxygen atoms in total. The van der Waals surface area contributed by atoms with Crippen molar-refractivity contribution in [3.63, 3.8) is 0 Å². The number of nitrogens with two attached hydrogens (primary N) is 1. The highest BCUT2D eigenvalue weighted by molar-refractivity contribution is 7.85. The first kappa shape index (κ1) is 74.3. The summed E-state index contributed by atoms with van der Waals surface area (Å²) in [7, 11) is -3.08. The Balaban J connectivity index is 1.34. The van der Waals surface area contributed by atoms with Crippen LogP contribution in [0.1, 0.15) is 160 Å². The molecule has 0 spiro atoms. The molecule has 4 rings (SSSR count). The van der Waals surface area contributed by atoms with Crippen LogP contribution in [0, 0.1) is 18.8 Å². The van der Waals surface area contributed by atoms with Crippen LogP contribution in [0.2, 0.25) is 0 Å². The molecule has 0 aromatic heterocycles. The Labute approximate surface area is 526 Å². The van der Waals surface area contributed by atoms with Gasteiger partial charge in [-0.25, -0.2) is 0 Å². The van der Waals surface area contributed by atoms with Crippen molar-refractivity contribution in [3.8, 4) is 0 Å². The standard InChI is InChI=1S/C65H89N7O17S/c1-8-71-50-29-23-41(2)37-45(50)64(3,4)54(71)20-13-10-9-11-14-21-55-65(5,6)46-40-44(90(87,88)89)26-30-51(46)72(55)36-18-12-15-22-56(75)68-35-17-16-19-49(61(66)84)70-63(86)43(25-32-58(78)79)39-53(74)48(28-34-60(82)83)69-62(85)42(24-31-57(76)77)38-52(73)47(67-7)27-33-59(80)81/h9-11,13-14,20-21,23,26,29-30,37,40,42-43,47-49,67H,8,12,15-19,22,24-25,27-28,31-36,38-39H2,1-7H3,(H9-,66,68,69,70,75,76,77,78,79,80,81,82,83,84,85,86,87,88,89)/p+1/t42-,43-,47+,48+,49+/m0/s1. The van der Waals surface area contributed by atoms with Gasteiger partial charge in [-0.05, 0) is 122 Å². The lowest BCUT2D eigenvalue weighted by Gasteiger charge is -2.25. The topological polar surface area (TPSA) is 386 Å². The quantitative estimate of drug-likeness (QED) is 0.0147. The van der Waals surface area contributed by atoms with E-state index in [0.29, 0.717) is 32.2 Å². The molecule has 492 valence electrons. The number of aliphatic carboxylic acids is 4. The van der Waals surface area contributed by atoms with Gasteiger partial charge in [-0.15, -0.1) is 0 Å². The maximum Gasteiger partial charge on any atom is 0.303 e. The number of carboxylic acid groups (broad SMARTS) is 4. The zero-order valence-corrected chi connectivity index (χ0v) is 53.4. The third-order valence-electron chi connectivity index (χ3n) is 16.5. The number of benzene rings is 2. The van der Waals surface area contributed by atoms with E-state index in [1.807, 2.05) is 50.3 Å². The van der Waals surface area contributed by atoms with E-state index in [-0.39, 0.29) is 54.9 Å². The fraction of sp³-hybridized carbons (Fsp3) is 0.523. The zero-order chi connectivity index (χ0) is 67.1. The number of likely N-dealkylation sites (N-methyl/N-ethyl adjacent to an activating group) is 2. The van der Waals surface area contributed by atoms with E-state index in [9.17, 15) is 76.2 Å². The average Bonchev–Trinajstić information content (AvgIpc) is 1.62. The minimum absolute atomic E-state index is 0.00502. The number of carboxylic acids is 4. The van der Waals surface area contributed by atoms with Crippen LogP contribution in [0.15, 0.2) is 89.5 Å². The molecular formula is C65H90N7O17S+. The Morgan fingerprint density at radius 3 is 1.76 bits per heavy atom. The molecule has 2 aromatic rings. The molecule has 11 N–H and O–H groups in total. The van der Waals surface area contributed by atoms with Gasteiger partial charge in [0.25, 0.3) is 10.1 Å². The molecule has 2 heterocycles. The third-order valence-corrected chi connectivity index (χ3v) is 17.3. The van der Waals surface area contributed by atoms with Crippen LogP contribution < -0.4 is 31.9 Å². The second kappa shape index (κ2) is 34.7. The summed E-state index contributed by atoms with van der Waals surface area (Å²) in [5.41, 5.74) is 12.2. The number of ketones is 2. The van der Waals surface area contributed by atoms with E-state index >= 15 is 0 Å². The highest BCUT2D eigenvalue weighted by atomic mass is 32.2. The number of Topliss-reactive ketones (excluding diaryl/α,β-unsaturated/α-hetero) is 2. The number of hydrogen-bond donors (Lipinski definition) is 10. The maximum absolute atomic E-state index is 13.9. The number of allylic oxidation sites excluding steroid dienone is 8. The largest absolute Gasteiger partial charge is 0.481 e. The van der Waals surface area contributed by atoms with E-state index < -0.39 is 150 Å². The van der Waals surface area contributed by atoms with Gasteiger partial charge in [-0.2, -0.15) is 13.0 Å². The third kappa shape index (κ3) is 22.1. The fourth-order valence-electron chi connectivity index (χ4n) is 11.4. The summed E-state index contributed by atoms with van der Waals surface area (Å²) < 4.78 is 36.5. The first-order chi connectivity index (χ1) is 42.3. The van der Waals surface area contributed by atoms with Gasteiger partial charge in [0.1, 0.15) is 12.6 Å². The molecule has 2 aliphatic rings. The number of rotatable bonds is 41. The number of carbonyl (C=O) groups excluding carboxylic acids is 6. The highest BCUT2D eigenvalue weighted by Crippen LogP contribution is 2.48. The van der Waals surface area contributed by atoms with Crippen LogP contribution in [0.3, 0.4) is 0 Å². The van der Waals surface area contributed by atoms with Crippen LogP contribution in [0.4, 0.5) is 11.4 Å². The number of primary amides is 1. The molecule has 0 saturated heterocycles. The number of hydrogen-bond acceptors (Lipinski definition) is 14. The van der Waals surface area contributed by atoms with Crippen LogP contribution in [-0.2, 0) is 68.9 Å². The zero-order valence-electron chi connectivity index (χ0n) is 52.5. The highest BCUT2D eigenvalue weighted by Gasteiger charge is 2.45. The lowest BCUT2D eigenvalue weighted by molar-refractivity contribution is -0.438. The van der Waals surface area contributed by atoms with Crippen LogP contribution in [-0.4, -0.2) is 148 Å². The molecule has 0 aliphatic carbocycles. The predicted octanol–water partition coefficient (Wildman–Crippen LogP) is 6.49. The van der Waals surface area contributed by atoms with Crippen molar-refractivity contribution in [1.29, 1.82) is 0 Å². The normalized spacial score (nSPS) is 16.4. The molecule has 4 amide bonds. The van der Waals surface area contributed by atoms with E-state index in [1.165, 1.54) is 41.7 Å². The first-order valence-electron chi connectivity index (χ1n) is 30.5. The minimum atomic E-state index is -4.47. The van der Waals surface area contributed by atoms with Crippen molar-refractivity contribution >= 4 is 86.3 Å². The summed E-state index contributed by atoms with van der Waals surface area (Å²) in [6, 6.07) is 7.24. The van der Waals surface area contributed by atoms with Gasteiger partial charge in [0, 0.05) is 111 Å². The molecule has 0 unspecified atom stereocenters. The number of unbranched alkanes of at least 4 members (excludes halogenated alkanes) is 3. The van der Waals surface area contributed by atoms with E-state index in [2.05, 4.69) is 82.7 Å². The van der Waals surface area contributed by atoms with Gasteiger partial charge >= 0.3 is 23.9 Å². The van der Waals surface area contributed by atoms with E-state index in [4.69, 9.17) is 10.8 Å². The molecule has 5 atom stereocenters. The molecule has 0 bridgehead atoms. The number of aryl methyl sites for hydroxylation is 1. The van der Waals surface area contributed by atoms with Gasteiger partial charge in [0.05, 0.1) is 22.4 Å². The summed E-state index contributed by atoms with van der Waals surface area (Å²) >= 11 is 0. The van der Waals surface area contributed by atoms with Crippen LogP contribution in [0.25, 0.3) is 0 Å². The second-order valence-electron chi connectivity index (χ2n) is 23.9. The van der Waals surface area contributed by atoms with Gasteiger partial charge in [-0.3, -0.25) is 52.5 Å². The van der Waals surface area contributed by atoms with Gasteiger partial charge < -0.3 is 52.3 Å². The van der Waals surface area contributed by atoms with Crippen LogP contribution in [0.5, 0.6) is 0 Å². The van der Waals surface area contributed by atoms with Crippen molar-refractivity contribution in [2.75, 3.05) is 31.6 Å². The Hall–Kier alpha value is -8.16. The number of fused-ring (bicyclic) bond motifs is 2. The SMILES string of the molecule is CCN1C(=CC=CC=CC=CC2=[N+](CCCCCC(=O)NCCCC[C@@H](NC(=O)[C@@H](CCC(=O)O)CC(=O)[C@@H](CCC(=O)O)NC(=O)[C@@H](CCC(=O)O)CC(=O)[C@@H](CCC(=O)O)NC)C(N)=O)c3ccc(S(=O)(=O)O)cc3C2(C)C)C(C)(C)c2cc(C)ccc21. The Morgan fingerprint density at radius 1 is 0.633 bits per heavy atom. The number of nitrogens with zero attached hydrogens (tertiary/aromatic N) is 2. The summed E-state index contributed by atoms with van der Waals surface area (Å²) in [6.07, 6.45) is 11.7.